The molecule has 0 radical (unpaired) electrons. The summed E-state index contributed by atoms with van der Waals surface area (Å²) in [6.45, 7) is 1.62. The summed E-state index contributed by atoms with van der Waals surface area (Å²) in [5.74, 6) is -0.615. The first-order valence-electron chi connectivity index (χ1n) is 6.55. The van der Waals surface area contributed by atoms with E-state index >= 15 is 0 Å². The molecule has 7 nitrogen and oxygen atoms in total. The number of carboxylic acids is 1. The number of aromatic nitrogens is 3. The summed E-state index contributed by atoms with van der Waals surface area (Å²) in [6, 6.07) is 7.91. The number of aliphatic carboxylic acids is 1. The van der Waals surface area contributed by atoms with Gasteiger partial charge in [0.2, 0.25) is 5.91 Å². The van der Waals surface area contributed by atoms with Crippen LogP contribution in [-0.4, -0.2) is 44.0 Å². The van der Waals surface area contributed by atoms with Crippen LogP contribution in [0.15, 0.2) is 29.4 Å². The molecule has 0 bridgehead atoms. The number of amides is 1. The predicted molar refractivity (Wildman–Crippen MR) is 82.5 cm³/mol. The molecule has 2 N–H and O–H groups in total. The van der Waals surface area contributed by atoms with Gasteiger partial charge in [-0.15, -0.1) is 10.2 Å². The smallest absolute Gasteiger partial charge is 0.322 e. The van der Waals surface area contributed by atoms with Crippen LogP contribution in [0.1, 0.15) is 5.56 Å². The second kappa shape index (κ2) is 7.08. The Morgan fingerprint density at radius 2 is 2.14 bits per heavy atom. The number of hydrogen-bond acceptors (Lipinski definition) is 5. The fourth-order valence-corrected chi connectivity index (χ4v) is 2.57. The highest BCUT2D eigenvalue weighted by Gasteiger charge is 2.13. The van der Waals surface area contributed by atoms with Crippen molar-refractivity contribution in [2.24, 2.45) is 7.05 Å². The molecule has 1 amide bonds. The van der Waals surface area contributed by atoms with Gasteiger partial charge in [-0.25, -0.2) is 0 Å². The van der Waals surface area contributed by atoms with Crippen LogP contribution in [-0.2, 0) is 16.6 Å². The molecule has 0 spiro atoms. The molecule has 2 rings (SSSR count). The summed E-state index contributed by atoms with van der Waals surface area (Å²) in [6.07, 6.45) is 0. The molecule has 1 heterocycles. The fraction of sp³-hybridized carbons (Fsp3) is 0.286. The van der Waals surface area contributed by atoms with E-state index < -0.39 is 5.97 Å². The lowest BCUT2D eigenvalue weighted by Gasteiger charge is -2.05. The molecule has 0 saturated carbocycles. The first-order chi connectivity index (χ1) is 10.5. The van der Waals surface area contributed by atoms with E-state index in [1.807, 2.05) is 42.8 Å². The van der Waals surface area contributed by atoms with Crippen molar-refractivity contribution in [2.45, 2.75) is 12.1 Å². The maximum atomic E-state index is 11.5. The zero-order valence-corrected chi connectivity index (χ0v) is 13.1. The van der Waals surface area contributed by atoms with E-state index in [0.717, 1.165) is 17.0 Å². The third-order valence-corrected chi connectivity index (χ3v) is 3.90. The Labute approximate surface area is 131 Å². The molecule has 0 unspecified atom stereocenters. The van der Waals surface area contributed by atoms with Gasteiger partial charge in [-0.1, -0.05) is 35.5 Å². The van der Waals surface area contributed by atoms with Gasteiger partial charge in [0.25, 0.3) is 0 Å². The number of aryl methyl sites for hydroxylation is 1. The average Bonchev–Trinajstić information content (AvgIpc) is 2.84. The second-order valence-electron chi connectivity index (χ2n) is 4.69. The second-order valence-corrected chi connectivity index (χ2v) is 5.64. The van der Waals surface area contributed by atoms with Gasteiger partial charge in [0.1, 0.15) is 6.54 Å². The van der Waals surface area contributed by atoms with Crippen LogP contribution in [0.3, 0.4) is 0 Å². The van der Waals surface area contributed by atoms with Crippen LogP contribution in [0.25, 0.3) is 11.4 Å². The molecular weight excluding hydrogens is 304 g/mol. The minimum Gasteiger partial charge on any atom is -0.480 e. The average molecular weight is 320 g/mol. The highest BCUT2D eigenvalue weighted by Crippen LogP contribution is 2.22. The molecule has 8 heteroatoms. The van der Waals surface area contributed by atoms with Crippen LogP contribution in [0.5, 0.6) is 0 Å². The minimum atomic E-state index is -1.07. The predicted octanol–water partition coefficient (Wildman–Crippen LogP) is 1.08. The van der Waals surface area contributed by atoms with E-state index in [1.54, 1.807) is 0 Å². The van der Waals surface area contributed by atoms with Gasteiger partial charge in [-0.05, 0) is 13.0 Å². The molecule has 0 aliphatic carbocycles. The standard InChI is InChI=1S/C14H16N4O3S/c1-9-4-3-5-10(6-9)13-16-17-14(18(13)2)22-8-11(19)15-7-12(20)21/h3-6H,7-8H2,1-2H3,(H,15,19)(H,20,21). The van der Waals surface area contributed by atoms with Crippen LogP contribution >= 0.6 is 11.8 Å². The lowest BCUT2D eigenvalue weighted by molar-refractivity contribution is -0.137. The van der Waals surface area contributed by atoms with E-state index in [2.05, 4.69) is 15.5 Å². The largest absolute Gasteiger partial charge is 0.480 e. The Hall–Kier alpha value is -2.35. The number of carbonyl (C=O) groups is 2. The van der Waals surface area contributed by atoms with Gasteiger partial charge >= 0.3 is 5.97 Å². The SMILES string of the molecule is Cc1cccc(-c2nnc(SCC(=O)NCC(=O)O)n2C)c1. The Morgan fingerprint density at radius 1 is 1.36 bits per heavy atom. The lowest BCUT2D eigenvalue weighted by Crippen LogP contribution is -2.30. The lowest BCUT2D eigenvalue weighted by atomic mass is 10.1. The van der Waals surface area contributed by atoms with E-state index in [1.165, 1.54) is 11.8 Å². The summed E-state index contributed by atoms with van der Waals surface area (Å²) in [5.41, 5.74) is 2.08. The van der Waals surface area contributed by atoms with Gasteiger partial charge in [-0.3, -0.25) is 9.59 Å². The van der Waals surface area contributed by atoms with Crippen LogP contribution in [0.2, 0.25) is 0 Å². The zero-order valence-electron chi connectivity index (χ0n) is 12.2. The first kappa shape index (κ1) is 16.0. The Morgan fingerprint density at radius 3 is 2.82 bits per heavy atom. The van der Waals surface area contributed by atoms with E-state index in [4.69, 9.17) is 5.11 Å². The number of rotatable bonds is 6. The quantitative estimate of drug-likeness (QED) is 0.773. The number of thioether (sulfide) groups is 1. The fourth-order valence-electron chi connectivity index (χ4n) is 1.83. The van der Waals surface area contributed by atoms with Gasteiger partial charge in [0, 0.05) is 12.6 Å². The van der Waals surface area contributed by atoms with E-state index in [-0.39, 0.29) is 18.2 Å². The number of hydrogen-bond donors (Lipinski definition) is 2. The number of benzene rings is 1. The van der Waals surface area contributed by atoms with Crippen LogP contribution in [0.4, 0.5) is 0 Å². The molecule has 0 aliphatic rings. The monoisotopic (exact) mass is 320 g/mol. The molecule has 0 saturated heterocycles. The van der Waals surface area contributed by atoms with Crippen molar-refractivity contribution in [1.82, 2.24) is 20.1 Å². The molecule has 0 aliphatic heterocycles. The Bertz CT molecular complexity index is 699. The van der Waals surface area contributed by atoms with Crippen molar-refractivity contribution in [1.29, 1.82) is 0 Å². The third-order valence-electron chi connectivity index (χ3n) is 2.88. The Kier molecular flexibility index (Phi) is 5.16. The van der Waals surface area contributed by atoms with Gasteiger partial charge in [-0.2, -0.15) is 0 Å². The number of carbonyl (C=O) groups excluding carboxylic acids is 1. The van der Waals surface area contributed by atoms with Gasteiger partial charge in [0.05, 0.1) is 5.75 Å². The third kappa shape index (κ3) is 4.08. The number of carboxylic acid groups (broad SMARTS) is 1. The van der Waals surface area contributed by atoms with Gasteiger partial charge < -0.3 is 15.0 Å². The number of nitrogens with one attached hydrogen (secondary N) is 1. The molecule has 116 valence electrons. The van der Waals surface area contributed by atoms with E-state index in [0.29, 0.717) is 5.16 Å². The highest BCUT2D eigenvalue weighted by molar-refractivity contribution is 7.99. The molecule has 1 aromatic heterocycles. The molecular formula is C14H16N4O3S. The van der Waals surface area contributed by atoms with Crippen molar-refractivity contribution >= 4 is 23.6 Å². The summed E-state index contributed by atoms with van der Waals surface area (Å²) < 4.78 is 1.81. The zero-order chi connectivity index (χ0) is 16.1. The normalized spacial score (nSPS) is 10.5. The summed E-state index contributed by atoms with van der Waals surface area (Å²) in [4.78, 5) is 21.9. The topological polar surface area (TPSA) is 97.1 Å². The summed E-state index contributed by atoms with van der Waals surface area (Å²) >= 11 is 1.21. The molecule has 0 atom stereocenters. The maximum Gasteiger partial charge on any atom is 0.322 e. The molecule has 2 aromatic rings. The van der Waals surface area contributed by atoms with E-state index in [9.17, 15) is 9.59 Å². The maximum absolute atomic E-state index is 11.5. The number of nitrogens with zero attached hydrogens (tertiary/aromatic N) is 3. The summed E-state index contributed by atoms with van der Waals surface area (Å²) in [5, 5.41) is 19.6. The van der Waals surface area contributed by atoms with Crippen molar-refractivity contribution in [3.05, 3.63) is 29.8 Å². The van der Waals surface area contributed by atoms with Crippen molar-refractivity contribution in [2.75, 3.05) is 12.3 Å². The summed E-state index contributed by atoms with van der Waals surface area (Å²) in [7, 11) is 1.83. The minimum absolute atomic E-state index is 0.0903. The van der Waals surface area contributed by atoms with Crippen molar-refractivity contribution in [3.63, 3.8) is 0 Å². The van der Waals surface area contributed by atoms with Crippen LogP contribution in [0, 0.1) is 6.92 Å². The van der Waals surface area contributed by atoms with Gasteiger partial charge in [0.15, 0.2) is 11.0 Å². The molecule has 0 fully saturated rings. The van der Waals surface area contributed by atoms with Crippen molar-refractivity contribution < 1.29 is 14.7 Å². The molecule has 22 heavy (non-hydrogen) atoms. The molecule has 1 aromatic carbocycles. The first-order valence-corrected chi connectivity index (χ1v) is 7.53. The Balaban J connectivity index is 2.02. The van der Waals surface area contributed by atoms with Crippen molar-refractivity contribution in [3.8, 4) is 11.4 Å². The van der Waals surface area contributed by atoms with Crippen LogP contribution < -0.4 is 5.32 Å². The highest BCUT2D eigenvalue weighted by atomic mass is 32.2.